The highest BCUT2D eigenvalue weighted by molar-refractivity contribution is 7.13. The molecule has 5 nitrogen and oxygen atoms in total. The van der Waals surface area contributed by atoms with Crippen LogP contribution < -0.4 is 10.6 Å². The minimum absolute atomic E-state index is 0.0674. The Morgan fingerprint density at radius 3 is 2.34 bits per heavy atom. The molecule has 0 aliphatic heterocycles. The minimum Gasteiger partial charge on any atom is -0.347 e. The Labute approximate surface area is 175 Å². The van der Waals surface area contributed by atoms with Crippen molar-refractivity contribution in [2.75, 3.05) is 11.9 Å². The fourth-order valence-corrected chi connectivity index (χ4v) is 3.83. The van der Waals surface area contributed by atoms with Crippen molar-refractivity contribution in [3.05, 3.63) is 70.2 Å². The van der Waals surface area contributed by atoms with E-state index in [1.54, 1.807) is 0 Å². The molecule has 0 bridgehead atoms. The number of hydrogen-bond donors (Lipinski definition) is 2. The zero-order valence-corrected chi connectivity index (χ0v) is 17.7. The van der Waals surface area contributed by atoms with Crippen molar-refractivity contribution in [3.8, 4) is 10.6 Å². The largest absolute Gasteiger partial charge is 0.347 e. The Morgan fingerprint density at radius 1 is 1.00 bits per heavy atom. The molecule has 0 unspecified atom stereocenters. The van der Waals surface area contributed by atoms with Gasteiger partial charge in [-0.25, -0.2) is 4.98 Å². The SMILES string of the molecule is CCc1ccc(-c2nc(CC(=O)NCC(=O)Nc3c(C)cccc3C)cs2)cc1. The van der Waals surface area contributed by atoms with Crippen LogP contribution >= 0.6 is 11.3 Å². The van der Waals surface area contributed by atoms with E-state index in [0.29, 0.717) is 5.69 Å². The van der Waals surface area contributed by atoms with Gasteiger partial charge in [-0.05, 0) is 37.0 Å². The summed E-state index contributed by atoms with van der Waals surface area (Å²) >= 11 is 1.52. The van der Waals surface area contributed by atoms with Crippen LogP contribution in [0.4, 0.5) is 5.69 Å². The first-order valence-corrected chi connectivity index (χ1v) is 10.5. The third-order valence-electron chi connectivity index (χ3n) is 4.69. The van der Waals surface area contributed by atoms with Crippen LogP contribution in [0.15, 0.2) is 47.8 Å². The summed E-state index contributed by atoms with van der Waals surface area (Å²) in [6.07, 6.45) is 1.15. The second-order valence-corrected chi connectivity index (χ2v) is 7.82. The van der Waals surface area contributed by atoms with Gasteiger partial charge in [0.2, 0.25) is 11.8 Å². The number of para-hydroxylation sites is 1. The van der Waals surface area contributed by atoms with Gasteiger partial charge < -0.3 is 10.6 Å². The lowest BCUT2D eigenvalue weighted by atomic mass is 10.1. The van der Waals surface area contributed by atoms with Crippen molar-refractivity contribution in [2.45, 2.75) is 33.6 Å². The van der Waals surface area contributed by atoms with E-state index in [2.05, 4.69) is 46.8 Å². The molecule has 6 heteroatoms. The van der Waals surface area contributed by atoms with E-state index in [9.17, 15) is 9.59 Å². The van der Waals surface area contributed by atoms with Gasteiger partial charge in [-0.2, -0.15) is 0 Å². The summed E-state index contributed by atoms with van der Waals surface area (Å²) in [7, 11) is 0. The van der Waals surface area contributed by atoms with Gasteiger partial charge in [-0.3, -0.25) is 9.59 Å². The van der Waals surface area contributed by atoms with Crippen LogP contribution in [0.2, 0.25) is 0 Å². The number of nitrogens with zero attached hydrogens (tertiary/aromatic N) is 1. The summed E-state index contributed by atoms with van der Waals surface area (Å²) in [6, 6.07) is 14.1. The molecule has 0 saturated heterocycles. The van der Waals surface area contributed by atoms with E-state index in [-0.39, 0.29) is 24.8 Å². The van der Waals surface area contributed by atoms with E-state index in [1.165, 1.54) is 16.9 Å². The molecule has 0 fully saturated rings. The fraction of sp³-hybridized carbons (Fsp3) is 0.261. The molecule has 2 amide bonds. The van der Waals surface area contributed by atoms with Crippen LogP contribution in [0.3, 0.4) is 0 Å². The molecular formula is C23H25N3O2S. The first kappa shape index (κ1) is 20.7. The Bertz CT molecular complexity index is 989. The molecule has 0 aliphatic carbocycles. The molecule has 0 spiro atoms. The number of benzene rings is 2. The monoisotopic (exact) mass is 407 g/mol. The van der Waals surface area contributed by atoms with Crippen molar-refractivity contribution in [1.82, 2.24) is 10.3 Å². The number of anilines is 1. The van der Waals surface area contributed by atoms with Crippen LogP contribution in [0.25, 0.3) is 10.6 Å². The molecule has 0 radical (unpaired) electrons. The summed E-state index contributed by atoms with van der Waals surface area (Å²) in [5.74, 6) is -0.467. The average molecular weight is 408 g/mol. The van der Waals surface area contributed by atoms with Crippen molar-refractivity contribution in [1.29, 1.82) is 0 Å². The highest BCUT2D eigenvalue weighted by atomic mass is 32.1. The number of aromatic nitrogens is 1. The lowest BCUT2D eigenvalue weighted by molar-refractivity contribution is -0.123. The maximum absolute atomic E-state index is 12.2. The second-order valence-electron chi connectivity index (χ2n) is 6.96. The van der Waals surface area contributed by atoms with Crippen molar-refractivity contribution < 1.29 is 9.59 Å². The van der Waals surface area contributed by atoms with Gasteiger partial charge in [-0.1, -0.05) is 49.4 Å². The Kier molecular flexibility index (Phi) is 6.77. The van der Waals surface area contributed by atoms with Gasteiger partial charge in [0.05, 0.1) is 18.7 Å². The van der Waals surface area contributed by atoms with Crippen molar-refractivity contribution >= 4 is 28.8 Å². The predicted molar refractivity (Wildman–Crippen MR) is 118 cm³/mol. The van der Waals surface area contributed by atoms with Gasteiger partial charge in [0.25, 0.3) is 0 Å². The molecule has 29 heavy (non-hydrogen) atoms. The molecule has 3 aromatic rings. The highest BCUT2D eigenvalue weighted by Gasteiger charge is 2.12. The van der Waals surface area contributed by atoms with E-state index in [0.717, 1.165) is 33.8 Å². The number of aryl methyl sites for hydroxylation is 3. The minimum atomic E-state index is -0.245. The summed E-state index contributed by atoms with van der Waals surface area (Å²) in [4.78, 5) is 28.9. The van der Waals surface area contributed by atoms with Crippen molar-refractivity contribution in [3.63, 3.8) is 0 Å². The van der Waals surface area contributed by atoms with Gasteiger partial charge in [0, 0.05) is 16.6 Å². The van der Waals surface area contributed by atoms with Gasteiger partial charge in [0.15, 0.2) is 0 Å². The quantitative estimate of drug-likeness (QED) is 0.614. The normalized spacial score (nSPS) is 10.6. The Balaban J connectivity index is 1.52. The molecule has 1 heterocycles. The molecule has 0 saturated carbocycles. The zero-order chi connectivity index (χ0) is 20.8. The van der Waals surface area contributed by atoms with Crippen LogP contribution in [0, 0.1) is 13.8 Å². The van der Waals surface area contributed by atoms with E-state index < -0.39 is 0 Å². The topological polar surface area (TPSA) is 71.1 Å². The maximum Gasteiger partial charge on any atom is 0.243 e. The lowest BCUT2D eigenvalue weighted by Gasteiger charge is -2.11. The summed E-state index contributed by atoms with van der Waals surface area (Å²) in [6.45, 7) is 5.94. The smallest absolute Gasteiger partial charge is 0.243 e. The third kappa shape index (κ3) is 5.51. The first-order chi connectivity index (χ1) is 14.0. The number of rotatable bonds is 7. The third-order valence-corrected chi connectivity index (χ3v) is 5.63. The van der Waals surface area contributed by atoms with Crippen LogP contribution in [0.1, 0.15) is 29.3 Å². The molecule has 0 aliphatic rings. The Hall–Kier alpha value is -2.99. The number of amides is 2. The first-order valence-electron chi connectivity index (χ1n) is 9.62. The van der Waals surface area contributed by atoms with E-state index >= 15 is 0 Å². The van der Waals surface area contributed by atoms with Crippen LogP contribution in [0.5, 0.6) is 0 Å². The van der Waals surface area contributed by atoms with Crippen LogP contribution in [-0.2, 0) is 22.4 Å². The molecule has 0 atom stereocenters. The summed E-state index contributed by atoms with van der Waals surface area (Å²) in [5, 5.41) is 8.31. The molecule has 150 valence electrons. The molecule has 2 aromatic carbocycles. The predicted octanol–water partition coefficient (Wildman–Crippen LogP) is 4.29. The standard InChI is InChI=1S/C23H25N3O2S/c1-4-17-8-10-18(11-9-17)23-25-19(14-29-23)12-20(27)24-13-21(28)26-22-15(2)6-5-7-16(22)3/h5-11,14H,4,12-13H2,1-3H3,(H,24,27)(H,26,28). The average Bonchev–Trinajstić information content (AvgIpc) is 3.18. The van der Waals surface area contributed by atoms with Gasteiger partial charge >= 0.3 is 0 Å². The zero-order valence-electron chi connectivity index (χ0n) is 16.9. The number of thiazole rings is 1. The molecular weight excluding hydrogens is 382 g/mol. The number of carbonyl (C=O) groups is 2. The maximum atomic E-state index is 12.2. The van der Waals surface area contributed by atoms with E-state index in [4.69, 9.17) is 0 Å². The number of nitrogens with one attached hydrogen (secondary N) is 2. The summed E-state index contributed by atoms with van der Waals surface area (Å²) < 4.78 is 0. The van der Waals surface area contributed by atoms with E-state index in [1.807, 2.05) is 37.4 Å². The lowest BCUT2D eigenvalue weighted by Crippen LogP contribution is -2.34. The Morgan fingerprint density at radius 2 is 1.69 bits per heavy atom. The number of hydrogen-bond acceptors (Lipinski definition) is 4. The number of carbonyl (C=O) groups excluding carboxylic acids is 2. The second kappa shape index (κ2) is 9.47. The molecule has 2 N–H and O–H groups in total. The van der Waals surface area contributed by atoms with Crippen molar-refractivity contribution in [2.24, 2.45) is 0 Å². The molecule has 3 rings (SSSR count). The fourth-order valence-electron chi connectivity index (χ4n) is 3.00. The highest BCUT2D eigenvalue weighted by Crippen LogP contribution is 2.24. The van der Waals surface area contributed by atoms with Crippen LogP contribution in [-0.4, -0.2) is 23.3 Å². The van der Waals surface area contributed by atoms with Gasteiger partial charge in [0.1, 0.15) is 5.01 Å². The molecule has 1 aromatic heterocycles. The van der Waals surface area contributed by atoms with Gasteiger partial charge in [-0.15, -0.1) is 11.3 Å². The summed E-state index contributed by atoms with van der Waals surface area (Å²) in [5.41, 5.74) is 5.82.